The molecule has 0 bridgehead atoms. The van der Waals surface area contributed by atoms with E-state index < -0.39 is 0 Å². The molecule has 0 aliphatic carbocycles. The van der Waals surface area contributed by atoms with Gasteiger partial charge in [-0.15, -0.1) is 0 Å². The molecule has 3 aromatic carbocycles. The molecule has 0 unspecified atom stereocenters. The van der Waals surface area contributed by atoms with Gasteiger partial charge in [-0.3, -0.25) is 15.6 Å². The number of nitrogens with two attached hydrogens (primary N) is 2. The summed E-state index contributed by atoms with van der Waals surface area (Å²) in [6.07, 6.45) is 0. The lowest BCUT2D eigenvalue weighted by atomic mass is 10.0. The van der Waals surface area contributed by atoms with Crippen LogP contribution in [-0.2, 0) is 0 Å². The summed E-state index contributed by atoms with van der Waals surface area (Å²) in [5, 5.41) is 22.3. The maximum Gasteiger partial charge on any atom is 0.255 e. The molecule has 0 saturated heterocycles. The van der Waals surface area contributed by atoms with E-state index in [9.17, 15) is 4.79 Å². The van der Waals surface area contributed by atoms with E-state index in [4.69, 9.17) is 22.3 Å². The van der Waals surface area contributed by atoms with E-state index >= 15 is 0 Å². The van der Waals surface area contributed by atoms with Crippen molar-refractivity contribution in [1.82, 2.24) is 0 Å². The van der Waals surface area contributed by atoms with Crippen LogP contribution in [0.15, 0.2) is 60.7 Å². The van der Waals surface area contributed by atoms with Crippen molar-refractivity contribution in [2.75, 3.05) is 10.6 Å². The predicted octanol–water partition coefficient (Wildman–Crippen LogP) is 2.68. The molecule has 0 atom stereocenters. The van der Waals surface area contributed by atoms with Crippen molar-refractivity contribution in [3.63, 3.8) is 0 Å². The van der Waals surface area contributed by atoms with Crippen molar-refractivity contribution >= 4 is 39.8 Å². The molecule has 0 heterocycles. The largest absolute Gasteiger partial charge is 0.384 e. The Morgan fingerprint density at radius 2 is 1.65 bits per heavy atom. The molecule has 0 saturated carbocycles. The summed E-state index contributed by atoms with van der Waals surface area (Å²) in [4.78, 5) is 12.7. The Morgan fingerprint density at radius 3 is 2.38 bits per heavy atom. The van der Waals surface area contributed by atoms with Gasteiger partial charge >= 0.3 is 0 Å². The van der Waals surface area contributed by atoms with Gasteiger partial charge in [0, 0.05) is 22.2 Å². The number of carbonyl (C=O) groups is 1. The fourth-order valence-corrected chi connectivity index (χ4v) is 2.71. The van der Waals surface area contributed by atoms with Crippen molar-refractivity contribution in [2.45, 2.75) is 0 Å². The highest BCUT2D eigenvalue weighted by Crippen LogP contribution is 2.28. The van der Waals surface area contributed by atoms with Gasteiger partial charge in [0.15, 0.2) is 5.96 Å². The molecule has 0 aliphatic rings. The molecule has 8 N–H and O–H groups in total. The van der Waals surface area contributed by atoms with E-state index in [-0.39, 0.29) is 17.7 Å². The van der Waals surface area contributed by atoms with E-state index in [1.54, 1.807) is 30.3 Å². The standard InChI is InChI=1S/C19H18N6O/c20-17(21)15-9-8-11-4-1-2-7-14(11)16(15)25-18(26)12-5-3-6-13(10-12)24-19(22)23/h1-10H,(H3,20,21)(H,25,26)(H4,22,23,24). The van der Waals surface area contributed by atoms with Crippen LogP contribution in [0.3, 0.4) is 0 Å². The van der Waals surface area contributed by atoms with Gasteiger partial charge in [0.05, 0.1) is 5.69 Å². The molecule has 0 spiro atoms. The third-order valence-corrected chi connectivity index (χ3v) is 3.86. The van der Waals surface area contributed by atoms with Gasteiger partial charge in [-0.05, 0) is 29.7 Å². The number of hydrogen-bond donors (Lipinski definition) is 6. The fraction of sp³-hybridized carbons (Fsp3) is 0. The molecular weight excluding hydrogens is 328 g/mol. The van der Waals surface area contributed by atoms with Crippen LogP contribution in [0.4, 0.5) is 11.4 Å². The van der Waals surface area contributed by atoms with E-state index in [0.29, 0.717) is 22.5 Å². The summed E-state index contributed by atoms with van der Waals surface area (Å²) in [5.41, 5.74) is 12.9. The Labute approximate surface area is 150 Å². The molecule has 3 aromatic rings. The second-order valence-electron chi connectivity index (χ2n) is 5.70. The fourth-order valence-electron chi connectivity index (χ4n) is 2.71. The van der Waals surface area contributed by atoms with Crippen molar-refractivity contribution < 1.29 is 4.79 Å². The molecule has 7 nitrogen and oxygen atoms in total. The highest BCUT2D eigenvalue weighted by Gasteiger charge is 2.14. The van der Waals surface area contributed by atoms with Gasteiger partial charge in [0.2, 0.25) is 0 Å². The number of anilines is 2. The molecule has 130 valence electrons. The first-order chi connectivity index (χ1) is 12.5. The van der Waals surface area contributed by atoms with Crippen LogP contribution in [0.2, 0.25) is 0 Å². The second-order valence-corrected chi connectivity index (χ2v) is 5.70. The van der Waals surface area contributed by atoms with Gasteiger partial charge in [0.1, 0.15) is 5.84 Å². The maximum absolute atomic E-state index is 12.7. The molecule has 0 aromatic heterocycles. The van der Waals surface area contributed by atoms with Gasteiger partial charge < -0.3 is 22.1 Å². The quantitative estimate of drug-likeness (QED) is 0.319. The first-order valence-corrected chi connectivity index (χ1v) is 7.84. The highest BCUT2D eigenvalue weighted by atomic mass is 16.1. The molecule has 26 heavy (non-hydrogen) atoms. The van der Waals surface area contributed by atoms with E-state index in [2.05, 4.69) is 10.6 Å². The minimum atomic E-state index is -0.351. The van der Waals surface area contributed by atoms with Crippen LogP contribution in [0, 0.1) is 10.8 Å². The Bertz CT molecular complexity index is 1030. The number of nitrogen functional groups attached to an aromatic ring is 1. The summed E-state index contributed by atoms with van der Waals surface area (Å²) in [7, 11) is 0. The Hall–Kier alpha value is -3.87. The van der Waals surface area contributed by atoms with Crippen molar-refractivity contribution in [1.29, 1.82) is 10.8 Å². The lowest BCUT2D eigenvalue weighted by Gasteiger charge is -2.14. The van der Waals surface area contributed by atoms with Crippen LogP contribution in [0.25, 0.3) is 10.8 Å². The second kappa shape index (κ2) is 6.94. The van der Waals surface area contributed by atoms with Crippen LogP contribution < -0.4 is 22.1 Å². The number of benzene rings is 3. The monoisotopic (exact) mass is 346 g/mol. The predicted molar refractivity (Wildman–Crippen MR) is 105 cm³/mol. The number of amidine groups is 1. The first-order valence-electron chi connectivity index (χ1n) is 7.84. The zero-order valence-corrected chi connectivity index (χ0v) is 13.8. The summed E-state index contributed by atoms with van der Waals surface area (Å²) >= 11 is 0. The number of amides is 1. The molecular formula is C19H18N6O. The third kappa shape index (κ3) is 3.46. The normalized spacial score (nSPS) is 10.3. The van der Waals surface area contributed by atoms with Crippen LogP contribution in [0.5, 0.6) is 0 Å². The van der Waals surface area contributed by atoms with Crippen molar-refractivity contribution in [3.8, 4) is 0 Å². The zero-order valence-electron chi connectivity index (χ0n) is 13.8. The number of carbonyl (C=O) groups excluding carboxylic acids is 1. The van der Waals surface area contributed by atoms with Crippen LogP contribution in [-0.4, -0.2) is 17.7 Å². The van der Waals surface area contributed by atoms with Gasteiger partial charge in [-0.1, -0.05) is 36.4 Å². The smallest absolute Gasteiger partial charge is 0.255 e. The Kier molecular flexibility index (Phi) is 4.53. The molecule has 7 heteroatoms. The molecule has 0 aliphatic heterocycles. The van der Waals surface area contributed by atoms with Gasteiger partial charge in [0.25, 0.3) is 5.91 Å². The molecule has 3 rings (SSSR count). The number of nitrogens with one attached hydrogen (secondary N) is 4. The van der Waals surface area contributed by atoms with Crippen molar-refractivity contribution in [3.05, 3.63) is 71.8 Å². The first kappa shape index (κ1) is 17.0. The zero-order chi connectivity index (χ0) is 18.7. The number of hydrogen-bond acceptors (Lipinski definition) is 3. The van der Waals surface area contributed by atoms with Gasteiger partial charge in [-0.25, -0.2) is 0 Å². The minimum Gasteiger partial charge on any atom is -0.384 e. The summed E-state index contributed by atoms with van der Waals surface area (Å²) in [6.45, 7) is 0. The summed E-state index contributed by atoms with van der Waals surface area (Å²) in [5.74, 6) is -0.690. The van der Waals surface area contributed by atoms with Crippen LogP contribution >= 0.6 is 0 Å². The molecule has 0 fully saturated rings. The van der Waals surface area contributed by atoms with E-state index in [1.807, 2.05) is 30.3 Å². The number of rotatable bonds is 4. The SMILES string of the molecule is N=C(N)Nc1cccc(C(=O)Nc2c(C(=N)N)ccc3ccccc23)c1. The number of fused-ring (bicyclic) bond motifs is 1. The Balaban J connectivity index is 2.00. The summed E-state index contributed by atoms with van der Waals surface area (Å²) < 4.78 is 0. The van der Waals surface area contributed by atoms with Crippen molar-refractivity contribution in [2.24, 2.45) is 11.5 Å². The summed E-state index contributed by atoms with van der Waals surface area (Å²) in [6, 6.07) is 17.8. The van der Waals surface area contributed by atoms with Gasteiger partial charge in [-0.2, -0.15) is 0 Å². The molecule has 1 amide bonds. The van der Waals surface area contributed by atoms with E-state index in [0.717, 1.165) is 10.8 Å². The van der Waals surface area contributed by atoms with E-state index in [1.165, 1.54) is 0 Å². The lowest BCUT2D eigenvalue weighted by Crippen LogP contribution is -2.21. The average molecular weight is 346 g/mol. The number of guanidine groups is 1. The highest BCUT2D eigenvalue weighted by molar-refractivity contribution is 6.16. The third-order valence-electron chi connectivity index (χ3n) is 3.86. The topological polar surface area (TPSA) is 141 Å². The Morgan fingerprint density at radius 1 is 0.885 bits per heavy atom. The minimum absolute atomic E-state index is 0.127. The molecule has 0 radical (unpaired) electrons. The lowest BCUT2D eigenvalue weighted by molar-refractivity contribution is 0.102. The maximum atomic E-state index is 12.7. The van der Waals surface area contributed by atoms with Crippen LogP contribution in [0.1, 0.15) is 15.9 Å². The average Bonchev–Trinajstić information content (AvgIpc) is 2.61.